The predicted molar refractivity (Wildman–Crippen MR) is 55.7 cm³/mol. The van der Waals surface area contributed by atoms with Crippen LogP contribution in [-0.2, 0) is 9.59 Å². The predicted octanol–water partition coefficient (Wildman–Crippen LogP) is 2.67. The third-order valence-electron chi connectivity index (χ3n) is 1.94. The van der Waals surface area contributed by atoms with Crippen molar-refractivity contribution in [1.82, 2.24) is 0 Å². The Labute approximate surface area is 95.8 Å². The maximum absolute atomic E-state index is 13.1. The average Bonchev–Trinajstić information content (AvgIpc) is 2.24. The molecule has 0 heterocycles. The molecule has 0 amide bonds. The number of hydrogen-bond acceptors (Lipinski definition) is 2. The number of rotatable bonds is 4. The number of ketones is 2. The third kappa shape index (κ3) is 3.55. The van der Waals surface area contributed by atoms with Crippen LogP contribution in [0.3, 0.4) is 0 Å². The van der Waals surface area contributed by atoms with E-state index in [0.29, 0.717) is 0 Å². The first-order valence-electron chi connectivity index (χ1n) is 4.75. The van der Waals surface area contributed by atoms with Gasteiger partial charge in [-0.05, 0) is 31.2 Å². The first kappa shape index (κ1) is 13.2. The van der Waals surface area contributed by atoms with Gasteiger partial charge in [0.25, 0.3) is 0 Å². The lowest BCUT2D eigenvalue weighted by atomic mass is 10.1. The van der Waals surface area contributed by atoms with Crippen LogP contribution >= 0.6 is 0 Å². The summed E-state index contributed by atoms with van der Waals surface area (Å²) in [6, 6.07) is 1.76. The van der Waals surface area contributed by atoms with E-state index in [1.807, 2.05) is 0 Å². The Hall–Kier alpha value is -1.91. The molecule has 0 saturated heterocycles. The van der Waals surface area contributed by atoms with E-state index in [-0.39, 0.29) is 17.8 Å². The molecule has 0 aliphatic carbocycles. The van der Waals surface area contributed by atoms with E-state index in [0.717, 1.165) is 24.3 Å². The molecule has 0 saturated carbocycles. The van der Waals surface area contributed by atoms with E-state index >= 15 is 0 Å². The summed E-state index contributed by atoms with van der Waals surface area (Å²) in [7, 11) is 0. The van der Waals surface area contributed by atoms with Crippen LogP contribution < -0.4 is 0 Å². The summed E-state index contributed by atoms with van der Waals surface area (Å²) in [4.78, 5) is 21.7. The number of Topliss-reactive ketones (excluding diaryl/α,β-unsaturated/α-hetero) is 1. The summed E-state index contributed by atoms with van der Waals surface area (Å²) in [5, 5.41) is 0. The highest BCUT2D eigenvalue weighted by Crippen LogP contribution is 2.16. The molecule has 17 heavy (non-hydrogen) atoms. The lowest BCUT2D eigenvalue weighted by molar-refractivity contribution is -0.123. The van der Waals surface area contributed by atoms with Gasteiger partial charge in [0.2, 0.25) is 0 Å². The number of hydrogen-bond donors (Lipinski definition) is 0. The van der Waals surface area contributed by atoms with Crippen molar-refractivity contribution in [1.29, 1.82) is 0 Å². The van der Waals surface area contributed by atoms with Gasteiger partial charge in [0.1, 0.15) is 5.78 Å². The maximum atomic E-state index is 13.1. The largest absolute Gasteiger partial charge is 0.300 e. The van der Waals surface area contributed by atoms with Gasteiger partial charge in [-0.25, -0.2) is 13.2 Å². The molecule has 0 aliphatic heterocycles. The summed E-state index contributed by atoms with van der Waals surface area (Å²) in [5.74, 6) is -5.11. The highest BCUT2D eigenvalue weighted by atomic mass is 19.2. The molecule has 1 rings (SSSR count). The lowest BCUT2D eigenvalue weighted by Gasteiger charge is -1.99. The van der Waals surface area contributed by atoms with Crippen LogP contribution in [0.5, 0.6) is 0 Å². The van der Waals surface area contributed by atoms with Crippen molar-refractivity contribution in [2.75, 3.05) is 0 Å². The van der Waals surface area contributed by atoms with Crippen molar-refractivity contribution in [2.45, 2.75) is 13.3 Å². The SMILES string of the molecule is CC(=O)CC(=O)/C=C/c1ccc(F)c(F)c1F. The molecule has 1 aromatic rings. The summed E-state index contributed by atoms with van der Waals surface area (Å²) >= 11 is 0. The molecular formula is C12H9F3O2. The Morgan fingerprint density at radius 1 is 1.18 bits per heavy atom. The highest BCUT2D eigenvalue weighted by molar-refractivity contribution is 6.05. The Morgan fingerprint density at radius 2 is 1.82 bits per heavy atom. The van der Waals surface area contributed by atoms with Gasteiger partial charge < -0.3 is 0 Å². The summed E-state index contributed by atoms with van der Waals surface area (Å²) < 4.78 is 38.5. The van der Waals surface area contributed by atoms with Crippen molar-refractivity contribution < 1.29 is 22.8 Å². The van der Waals surface area contributed by atoms with Gasteiger partial charge in [0.15, 0.2) is 23.2 Å². The standard InChI is InChI=1S/C12H9F3O2/c1-7(16)6-9(17)4-2-8-3-5-10(13)12(15)11(8)14/h2-5H,6H2,1H3/b4-2+. The molecular weight excluding hydrogens is 233 g/mol. The number of carbonyl (C=O) groups excluding carboxylic acids is 2. The van der Waals surface area contributed by atoms with Crippen molar-refractivity contribution in [3.05, 3.63) is 41.2 Å². The minimum atomic E-state index is -1.59. The second-order valence-corrected chi connectivity index (χ2v) is 3.44. The van der Waals surface area contributed by atoms with Crippen molar-refractivity contribution in [3.63, 3.8) is 0 Å². The van der Waals surface area contributed by atoms with E-state index in [1.54, 1.807) is 0 Å². The molecule has 0 N–H and O–H groups in total. The van der Waals surface area contributed by atoms with Gasteiger partial charge in [0.05, 0.1) is 6.42 Å². The number of benzene rings is 1. The van der Waals surface area contributed by atoms with E-state index in [9.17, 15) is 22.8 Å². The average molecular weight is 242 g/mol. The zero-order chi connectivity index (χ0) is 13.0. The fourth-order valence-electron chi connectivity index (χ4n) is 1.16. The van der Waals surface area contributed by atoms with Crippen LogP contribution in [0.25, 0.3) is 6.08 Å². The summed E-state index contributed by atoms with van der Waals surface area (Å²) in [6.07, 6.45) is 1.65. The molecule has 0 aliphatic rings. The van der Waals surface area contributed by atoms with Gasteiger partial charge >= 0.3 is 0 Å². The quantitative estimate of drug-likeness (QED) is 0.462. The smallest absolute Gasteiger partial charge is 0.195 e. The number of halogens is 3. The van der Waals surface area contributed by atoms with Gasteiger partial charge in [-0.15, -0.1) is 0 Å². The fourth-order valence-corrected chi connectivity index (χ4v) is 1.16. The Bertz CT molecular complexity index is 493. The van der Waals surface area contributed by atoms with E-state index in [4.69, 9.17) is 0 Å². The molecule has 0 unspecified atom stereocenters. The van der Waals surface area contributed by atoms with Crippen LogP contribution in [0.4, 0.5) is 13.2 Å². The first-order valence-corrected chi connectivity index (χ1v) is 4.75. The van der Waals surface area contributed by atoms with Gasteiger partial charge in [-0.2, -0.15) is 0 Å². The zero-order valence-electron chi connectivity index (χ0n) is 8.97. The van der Waals surface area contributed by atoms with Crippen molar-refractivity contribution in [2.24, 2.45) is 0 Å². The van der Waals surface area contributed by atoms with Gasteiger partial charge in [-0.3, -0.25) is 9.59 Å². The van der Waals surface area contributed by atoms with Gasteiger partial charge in [0, 0.05) is 5.56 Å². The Morgan fingerprint density at radius 3 is 2.41 bits per heavy atom. The van der Waals surface area contributed by atoms with Crippen LogP contribution in [-0.4, -0.2) is 11.6 Å². The third-order valence-corrected chi connectivity index (χ3v) is 1.94. The van der Waals surface area contributed by atoms with Crippen molar-refractivity contribution in [3.8, 4) is 0 Å². The highest BCUT2D eigenvalue weighted by Gasteiger charge is 2.11. The molecule has 90 valence electrons. The van der Waals surface area contributed by atoms with Crippen LogP contribution in [0.1, 0.15) is 18.9 Å². The second kappa shape index (κ2) is 5.43. The molecule has 1 aromatic carbocycles. The molecule has 2 nitrogen and oxygen atoms in total. The summed E-state index contributed by atoms with van der Waals surface area (Å²) in [6.45, 7) is 1.24. The molecule has 0 fully saturated rings. The lowest BCUT2D eigenvalue weighted by Crippen LogP contribution is -2.00. The second-order valence-electron chi connectivity index (χ2n) is 3.44. The number of carbonyl (C=O) groups is 2. The first-order chi connectivity index (χ1) is 7.91. The zero-order valence-corrected chi connectivity index (χ0v) is 8.97. The molecule has 5 heteroatoms. The molecule has 0 spiro atoms. The normalized spacial score (nSPS) is 10.8. The minimum Gasteiger partial charge on any atom is -0.300 e. The minimum absolute atomic E-state index is 0.249. The van der Waals surface area contributed by atoms with E-state index in [2.05, 4.69) is 0 Å². The Kier molecular flexibility index (Phi) is 4.20. The molecule has 0 atom stereocenters. The molecule has 0 radical (unpaired) electrons. The van der Waals surface area contributed by atoms with Crippen LogP contribution in [0, 0.1) is 17.5 Å². The molecule has 0 aromatic heterocycles. The topological polar surface area (TPSA) is 34.1 Å². The number of allylic oxidation sites excluding steroid dienone is 1. The van der Waals surface area contributed by atoms with Crippen molar-refractivity contribution >= 4 is 17.6 Å². The van der Waals surface area contributed by atoms with E-state index in [1.165, 1.54) is 6.92 Å². The van der Waals surface area contributed by atoms with E-state index < -0.39 is 23.2 Å². The maximum Gasteiger partial charge on any atom is 0.195 e. The Balaban J connectivity index is 2.89. The molecule has 0 bridgehead atoms. The fraction of sp³-hybridized carbons (Fsp3) is 0.167. The summed E-state index contributed by atoms with van der Waals surface area (Å²) in [5.41, 5.74) is -0.249. The van der Waals surface area contributed by atoms with Gasteiger partial charge in [-0.1, -0.05) is 0 Å². The van der Waals surface area contributed by atoms with Crippen LogP contribution in [0.15, 0.2) is 18.2 Å². The van der Waals surface area contributed by atoms with Crippen LogP contribution in [0.2, 0.25) is 0 Å². The monoisotopic (exact) mass is 242 g/mol.